The Bertz CT molecular complexity index is 1260. The van der Waals surface area contributed by atoms with Gasteiger partial charge in [0.15, 0.2) is 15.8 Å². The second kappa shape index (κ2) is 10.3. The van der Waals surface area contributed by atoms with E-state index in [1.807, 2.05) is 74.5 Å². The van der Waals surface area contributed by atoms with Gasteiger partial charge in [-0.05, 0) is 77.4 Å². The number of carbonyl (C=O) groups excluding carboxylic acids is 1. The third-order valence-electron chi connectivity index (χ3n) is 5.16. The van der Waals surface area contributed by atoms with Gasteiger partial charge in [-0.25, -0.2) is 0 Å². The molecular formula is C26H22INO3S2. The van der Waals surface area contributed by atoms with Crippen molar-refractivity contribution in [2.75, 3.05) is 12.0 Å². The molecule has 1 saturated heterocycles. The maximum Gasteiger partial charge on any atom is 0.270 e. The van der Waals surface area contributed by atoms with Crippen molar-refractivity contribution in [1.29, 1.82) is 0 Å². The van der Waals surface area contributed by atoms with Crippen molar-refractivity contribution >= 4 is 68.6 Å². The molecule has 1 aliphatic heterocycles. The molecule has 3 aromatic carbocycles. The first kappa shape index (κ1) is 23.8. The minimum Gasteiger partial charge on any atom is -0.493 e. The molecule has 0 aromatic heterocycles. The Morgan fingerprint density at radius 1 is 1.09 bits per heavy atom. The number of rotatable bonds is 6. The number of thioether (sulfide) groups is 1. The van der Waals surface area contributed by atoms with Crippen molar-refractivity contribution < 1.29 is 14.3 Å². The van der Waals surface area contributed by atoms with E-state index in [2.05, 4.69) is 28.7 Å². The average Bonchev–Trinajstić information content (AvgIpc) is 3.06. The number of aryl methyl sites for hydroxylation is 2. The molecule has 1 heterocycles. The maximum absolute atomic E-state index is 13.2. The first-order valence-corrected chi connectivity index (χ1v) is 12.6. The first-order chi connectivity index (χ1) is 15.9. The van der Waals surface area contributed by atoms with Crippen molar-refractivity contribution in [3.63, 3.8) is 0 Å². The topological polar surface area (TPSA) is 38.8 Å². The zero-order chi connectivity index (χ0) is 23.5. The lowest BCUT2D eigenvalue weighted by atomic mass is 10.1. The van der Waals surface area contributed by atoms with Gasteiger partial charge < -0.3 is 9.47 Å². The SMILES string of the molecule is COc1cc(/C=C2\SC(=S)N(c3ccc(C)cc3C)C2=O)cc(I)c1OCc1ccccc1. The standard InChI is InChI=1S/C26H22INO3S2/c1-16-9-10-21(17(2)11-16)28-25(29)23(33-26(28)32)14-19-12-20(27)24(22(13-19)30-3)31-15-18-7-5-4-6-8-18/h4-14H,15H2,1-3H3/b23-14-. The molecule has 33 heavy (non-hydrogen) atoms. The maximum atomic E-state index is 13.2. The van der Waals surface area contributed by atoms with Crippen LogP contribution in [-0.2, 0) is 11.4 Å². The summed E-state index contributed by atoms with van der Waals surface area (Å²) in [5.41, 5.74) is 4.92. The van der Waals surface area contributed by atoms with Gasteiger partial charge in [-0.15, -0.1) is 0 Å². The molecule has 0 saturated carbocycles. The Morgan fingerprint density at radius 3 is 2.55 bits per heavy atom. The fourth-order valence-electron chi connectivity index (χ4n) is 3.58. The van der Waals surface area contributed by atoms with E-state index in [0.717, 1.165) is 31.5 Å². The van der Waals surface area contributed by atoms with Gasteiger partial charge in [-0.3, -0.25) is 9.69 Å². The van der Waals surface area contributed by atoms with E-state index in [9.17, 15) is 4.79 Å². The van der Waals surface area contributed by atoms with Crippen LogP contribution < -0.4 is 14.4 Å². The molecule has 0 N–H and O–H groups in total. The molecule has 3 aromatic rings. The van der Waals surface area contributed by atoms with Crippen molar-refractivity contribution in [1.82, 2.24) is 0 Å². The average molecular weight is 588 g/mol. The van der Waals surface area contributed by atoms with Gasteiger partial charge in [-0.2, -0.15) is 0 Å². The number of hydrogen-bond donors (Lipinski definition) is 0. The molecule has 0 radical (unpaired) electrons. The van der Waals surface area contributed by atoms with Crippen molar-refractivity contribution in [2.45, 2.75) is 20.5 Å². The molecule has 1 fully saturated rings. The van der Waals surface area contributed by atoms with E-state index < -0.39 is 0 Å². The second-order valence-corrected chi connectivity index (χ2v) is 10.5. The van der Waals surface area contributed by atoms with E-state index in [0.29, 0.717) is 27.3 Å². The van der Waals surface area contributed by atoms with Crippen LogP contribution >= 0.6 is 46.6 Å². The summed E-state index contributed by atoms with van der Waals surface area (Å²) in [6.07, 6.45) is 1.86. The highest BCUT2D eigenvalue weighted by Crippen LogP contribution is 2.39. The summed E-state index contributed by atoms with van der Waals surface area (Å²) in [7, 11) is 1.62. The summed E-state index contributed by atoms with van der Waals surface area (Å²) in [5.74, 6) is 1.19. The largest absolute Gasteiger partial charge is 0.493 e. The number of benzene rings is 3. The second-order valence-electron chi connectivity index (χ2n) is 7.62. The van der Waals surface area contributed by atoms with Gasteiger partial charge in [0.1, 0.15) is 6.61 Å². The summed E-state index contributed by atoms with van der Waals surface area (Å²) in [6, 6.07) is 19.8. The van der Waals surface area contributed by atoms with Gasteiger partial charge in [-0.1, -0.05) is 72.0 Å². The third kappa shape index (κ3) is 5.26. The van der Waals surface area contributed by atoms with Gasteiger partial charge in [0.05, 0.1) is 21.3 Å². The van der Waals surface area contributed by atoms with Crippen LogP contribution in [-0.4, -0.2) is 17.3 Å². The highest BCUT2D eigenvalue weighted by atomic mass is 127. The van der Waals surface area contributed by atoms with Gasteiger partial charge in [0, 0.05) is 0 Å². The van der Waals surface area contributed by atoms with E-state index in [-0.39, 0.29) is 5.91 Å². The number of amides is 1. The van der Waals surface area contributed by atoms with Crippen molar-refractivity contribution in [3.8, 4) is 11.5 Å². The number of carbonyl (C=O) groups is 1. The van der Waals surface area contributed by atoms with Crippen molar-refractivity contribution in [3.05, 3.63) is 91.4 Å². The minimum atomic E-state index is -0.115. The molecule has 0 unspecified atom stereocenters. The van der Waals surface area contributed by atoms with E-state index in [1.165, 1.54) is 11.8 Å². The molecule has 4 rings (SSSR count). The molecule has 1 aliphatic rings. The highest BCUT2D eigenvalue weighted by Gasteiger charge is 2.34. The Labute approximate surface area is 217 Å². The van der Waals surface area contributed by atoms with Crippen LogP contribution in [0.3, 0.4) is 0 Å². The Morgan fingerprint density at radius 2 is 1.85 bits per heavy atom. The van der Waals surface area contributed by atoms with Crippen LogP contribution in [0.2, 0.25) is 0 Å². The van der Waals surface area contributed by atoms with Gasteiger partial charge in [0.25, 0.3) is 5.91 Å². The zero-order valence-corrected chi connectivity index (χ0v) is 22.2. The lowest BCUT2D eigenvalue weighted by Crippen LogP contribution is -2.28. The number of nitrogens with zero attached hydrogens (tertiary/aromatic N) is 1. The zero-order valence-electron chi connectivity index (χ0n) is 18.4. The van der Waals surface area contributed by atoms with Crippen LogP contribution in [0, 0.1) is 17.4 Å². The van der Waals surface area contributed by atoms with Crippen LogP contribution in [0.15, 0.2) is 65.6 Å². The summed E-state index contributed by atoms with van der Waals surface area (Å²) in [6.45, 7) is 4.47. The van der Waals surface area contributed by atoms with Crippen LogP contribution in [0.25, 0.3) is 6.08 Å². The number of hydrogen-bond acceptors (Lipinski definition) is 5. The number of anilines is 1. The molecule has 0 aliphatic carbocycles. The predicted octanol–water partition coefficient (Wildman–Crippen LogP) is 6.90. The monoisotopic (exact) mass is 587 g/mol. The summed E-state index contributed by atoms with van der Waals surface area (Å²) >= 11 is 9.08. The molecule has 168 valence electrons. The lowest BCUT2D eigenvalue weighted by molar-refractivity contribution is -0.113. The van der Waals surface area contributed by atoms with Gasteiger partial charge >= 0.3 is 0 Å². The van der Waals surface area contributed by atoms with E-state index in [1.54, 1.807) is 12.0 Å². The smallest absolute Gasteiger partial charge is 0.270 e. The molecule has 1 amide bonds. The Balaban J connectivity index is 1.60. The number of halogens is 1. The Kier molecular flexibility index (Phi) is 7.41. The highest BCUT2D eigenvalue weighted by molar-refractivity contribution is 14.1. The summed E-state index contributed by atoms with van der Waals surface area (Å²) in [5, 5.41) is 0. The van der Waals surface area contributed by atoms with Crippen LogP contribution in [0.4, 0.5) is 5.69 Å². The van der Waals surface area contributed by atoms with Crippen LogP contribution in [0.5, 0.6) is 11.5 Å². The molecule has 4 nitrogen and oxygen atoms in total. The normalized spacial score (nSPS) is 14.8. The molecule has 7 heteroatoms. The lowest BCUT2D eigenvalue weighted by Gasteiger charge is -2.17. The van der Waals surface area contributed by atoms with Crippen LogP contribution in [0.1, 0.15) is 22.3 Å². The Hall–Kier alpha value is -2.36. The molecule has 0 atom stereocenters. The van der Waals surface area contributed by atoms with E-state index in [4.69, 9.17) is 21.7 Å². The molecule has 0 spiro atoms. The fourth-order valence-corrected chi connectivity index (χ4v) is 5.64. The molecular weight excluding hydrogens is 565 g/mol. The first-order valence-electron chi connectivity index (χ1n) is 10.3. The number of methoxy groups -OCH3 is 1. The van der Waals surface area contributed by atoms with Gasteiger partial charge in [0.2, 0.25) is 0 Å². The van der Waals surface area contributed by atoms with E-state index >= 15 is 0 Å². The number of ether oxygens (including phenoxy) is 2. The fraction of sp³-hybridized carbons (Fsp3) is 0.154. The number of thiocarbonyl (C=S) groups is 1. The third-order valence-corrected chi connectivity index (χ3v) is 7.27. The summed E-state index contributed by atoms with van der Waals surface area (Å²) in [4.78, 5) is 15.4. The molecule has 0 bridgehead atoms. The minimum absolute atomic E-state index is 0.115. The van der Waals surface area contributed by atoms with Crippen molar-refractivity contribution in [2.24, 2.45) is 0 Å². The quantitative estimate of drug-likeness (QED) is 0.178. The predicted molar refractivity (Wildman–Crippen MR) is 148 cm³/mol. The summed E-state index contributed by atoms with van der Waals surface area (Å²) < 4.78 is 13.1.